The fourth-order valence-corrected chi connectivity index (χ4v) is 1.80. The molecule has 18 heavy (non-hydrogen) atoms. The van der Waals surface area contributed by atoms with E-state index < -0.39 is 34.6 Å². The monoisotopic (exact) mass is 276 g/mol. The topological polar surface area (TPSA) is 133 Å². The van der Waals surface area contributed by atoms with Crippen molar-refractivity contribution in [3.05, 3.63) is 37.9 Å². The van der Waals surface area contributed by atoms with Crippen LogP contribution in [0.5, 0.6) is 5.75 Å². The Labute approximate surface area is 101 Å². The molecule has 0 aromatic heterocycles. The van der Waals surface area contributed by atoms with Crippen LogP contribution in [0.2, 0.25) is 0 Å². The van der Waals surface area contributed by atoms with Crippen LogP contribution in [0.1, 0.15) is 5.56 Å². The molecule has 0 heterocycles. The first kappa shape index (κ1) is 14.1. The van der Waals surface area contributed by atoms with E-state index >= 15 is 0 Å². The molecule has 0 bridgehead atoms. The summed E-state index contributed by atoms with van der Waals surface area (Å²) in [5.74, 6) is -0.816. The molecule has 1 N–H and O–H groups in total. The number of hydrogen-bond donors (Lipinski definition) is 1. The molecule has 1 aromatic carbocycles. The van der Waals surface area contributed by atoms with Crippen molar-refractivity contribution in [1.82, 2.24) is 0 Å². The Balaban J connectivity index is 3.56. The lowest BCUT2D eigenvalue weighted by atomic mass is 10.2. The van der Waals surface area contributed by atoms with Crippen molar-refractivity contribution >= 4 is 19.0 Å². The zero-order valence-electron chi connectivity index (χ0n) is 9.39. The van der Waals surface area contributed by atoms with Gasteiger partial charge < -0.3 is 9.42 Å². The van der Waals surface area contributed by atoms with E-state index in [1.165, 1.54) is 6.92 Å². The average molecular weight is 276 g/mol. The van der Waals surface area contributed by atoms with E-state index in [1.54, 1.807) is 0 Å². The van der Waals surface area contributed by atoms with Gasteiger partial charge in [-0.2, -0.15) is 0 Å². The molecule has 0 spiro atoms. The van der Waals surface area contributed by atoms with Crippen molar-refractivity contribution in [3.8, 4) is 5.75 Å². The summed E-state index contributed by atoms with van der Waals surface area (Å²) in [5.41, 5.74) is -1.18. The van der Waals surface area contributed by atoms with Gasteiger partial charge in [0.05, 0.1) is 9.85 Å². The van der Waals surface area contributed by atoms with E-state index in [0.29, 0.717) is 0 Å². The van der Waals surface area contributed by atoms with Gasteiger partial charge in [-0.3, -0.25) is 20.2 Å². The maximum absolute atomic E-state index is 11.1. The molecule has 0 aliphatic rings. The molecule has 0 saturated carbocycles. The second-order valence-electron chi connectivity index (χ2n) is 3.54. The number of nitro benzene ring substituents is 2. The first-order valence-electron chi connectivity index (χ1n) is 4.55. The molecule has 1 rings (SSSR count). The van der Waals surface area contributed by atoms with Crippen molar-refractivity contribution in [1.29, 1.82) is 0 Å². The largest absolute Gasteiger partial charge is 0.410 e. The average Bonchev–Trinajstić information content (AvgIpc) is 2.17. The van der Waals surface area contributed by atoms with E-state index in [2.05, 4.69) is 4.52 Å². The Morgan fingerprint density at radius 2 is 1.61 bits per heavy atom. The predicted octanol–water partition coefficient (Wildman–Crippen LogP) is 2.01. The standard InChI is InChI=1S/C8H9N2O7P/c1-5-3-6(9(11)12)8(17-18(2,15)16)7(4-5)10(13)14/h3-4H,1-2H3,(H,15,16). The molecule has 10 heteroatoms. The highest BCUT2D eigenvalue weighted by atomic mass is 31.2. The van der Waals surface area contributed by atoms with Crippen molar-refractivity contribution in [2.75, 3.05) is 6.66 Å². The number of aryl methyl sites for hydroxylation is 1. The van der Waals surface area contributed by atoms with Crippen molar-refractivity contribution < 1.29 is 23.8 Å². The van der Waals surface area contributed by atoms with E-state index in [0.717, 1.165) is 18.8 Å². The lowest BCUT2D eigenvalue weighted by molar-refractivity contribution is -0.395. The van der Waals surface area contributed by atoms with Crippen LogP contribution in [0, 0.1) is 27.2 Å². The maximum Gasteiger partial charge on any atom is 0.374 e. The molecule has 1 atom stereocenters. The minimum Gasteiger partial charge on any atom is -0.410 e. The normalized spacial score (nSPS) is 13.7. The lowest BCUT2D eigenvalue weighted by Gasteiger charge is -2.09. The zero-order chi connectivity index (χ0) is 14.1. The quantitative estimate of drug-likeness (QED) is 0.505. The number of rotatable bonds is 4. The minimum atomic E-state index is -4.14. The van der Waals surface area contributed by atoms with Crippen LogP contribution in [0.3, 0.4) is 0 Å². The molecule has 0 aliphatic heterocycles. The van der Waals surface area contributed by atoms with Crippen molar-refractivity contribution in [2.24, 2.45) is 0 Å². The van der Waals surface area contributed by atoms with Gasteiger partial charge in [0.25, 0.3) is 5.75 Å². The van der Waals surface area contributed by atoms with Crippen LogP contribution < -0.4 is 4.52 Å². The highest BCUT2D eigenvalue weighted by Gasteiger charge is 2.31. The Morgan fingerprint density at radius 1 is 1.22 bits per heavy atom. The highest BCUT2D eigenvalue weighted by Crippen LogP contribution is 2.47. The van der Waals surface area contributed by atoms with Crippen LogP contribution in [0.4, 0.5) is 11.4 Å². The highest BCUT2D eigenvalue weighted by molar-refractivity contribution is 7.52. The molecule has 1 aromatic rings. The van der Waals surface area contributed by atoms with Gasteiger partial charge in [0.1, 0.15) is 0 Å². The Hall–Kier alpha value is -1.99. The van der Waals surface area contributed by atoms with E-state index in [4.69, 9.17) is 4.89 Å². The Kier molecular flexibility index (Phi) is 3.68. The van der Waals surface area contributed by atoms with Crippen molar-refractivity contribution in [2.45, 2.75) is 6.92 Å². The molecule has 0 radical (unpaired) electrons. The van der Waals surface area contributed by atoms with Gasteiger partial charge in [-0.25, -0.2) is 4.57 Å². The summed E-state index contributed by atoms with van der Waals surface area (Å²) in [4.78, 5) is 28.8. The molecule has 98 valence electrons. The molecule has 9 nitrogen and oxygen atoms in total. The van der Waals surface area contributed by atoms with E-state index in [-0.39, 0.29) is 5.56 Å². The summed E-state index contributed by atoms with van der Waals surface area (Å²) in [6.07, 6.45) is 0. The van der Waals surface area contributed by atoms with Gasteiger partial charge >= 0.3 is 19.0 Å². The van der Waals surface area contributed by atoms with E-state index in [1.807, 2.05) is 0 Å². The lowest BCUT2D eigenvalue weighted by Crippen LogP contribution is -2.01. The van der Waals surface area contributed by atoms with Crippen LogP contribution in [-0.4, -0.2) is 21.4 Å². The second kappa shape index (κ2) is 4.71. The third-order valence-electron chi connectivity index (χ3n) is 1.85. The fraction of sp³-hybridized carbons (Fsp3) is 0.250. The summed E-state index contributed by atoms with van der Waals surface area (Å²) in [7, 11) is -4.14. The molecular formula is C8H9N2O7P. The summed E-state index contributed by atoms with van der Waals surface area (Å²) in [5, 5.41) is 21.5. The second-order valence-corrected chi connectivity index (χ2v) is 5.33. The maximum atomic E-state index is 11.1. The van der Waals surface area contributed by atoms with Gasteiger partial charge in [0.15, 0.2) is 0 Å². The van der Waals surface area contributed by atoms with Gasteiger partial charge in [-0.05, 0) is 12.5 Å². The van der Waals surface area contributed by atoms with Crippen LogP contribution in [0.25, 0.3) is 0 Å². The summed E-state index contributed by atoms with van der Waals surface area (Å²) in [6.45, 7) is 2.20. The summed E-state index contributed by atoms with van der Waals surface area (Å²) < 4.78 is 15.6. The number of nitro groups is 2. The predicted molar refractivity (Wildman–Crippen MR) is 60.9 cm³/mol. The molecule has 1 unspecified atom stereocenters. The molecule has 0 saturated heterocycles. The third kappa shape index (κ3) is 3.25. The van der Waals surface area contributed by atoms with E-state index in [9.17, 15) is 24.8 Å². The van der Waals surface area contributed by atoms with Crippen LogP contribution in [-0.2, 0) is 4.57 Å². The SMILES string of the molecule is Cc1cc([N+](=O)[O-])c(OP(C)(=O)O)c([N+](=O)[O-])c1. The van der Waals surface area contributed by atoms with Crippen LogP contribution >= 0.6 is 7.60 Å². The Bertz CT molecular complexity index is 530. The molecular weight excluding hydrogens is 267 g/mol. The van der Waals surface area contributed by atoms with Crippen LogP contribution in [0.15, 0.2) is 12.1 Å². The number of nitrogens with zero attached hydrogens (tertiary/aromatic N) is 2. The first-order valence-corrected chi connectivity index (χ1v) is 6.57. The fourth-order valence-electron chi connectivity index (χ4n) is 1.27. The van der Waals surface area contributed by atoms with Gasteiger partial charge in [0, 0.05) is 18.8 Å². The Morgan fingerprint density at radius 3 is 1.89 bits per heavy atom. The van der Waals surface area contributed by atoms with Gasteiger partial charge in [0.2, 0.25) is 0 Å². The van der Waals surface area contributed by atoms with Gasteiger partial charge in [-0.15, -0.1) is 0 Å². The summed E-state index contributed by atoms with van der Waals surface area (Å²) >= 11 is 0. The number of benzene rings is 1. The number of hydrogen-bond acceptors (Lipinski definition) is 6. The van der Waals surface area contributed by atoms with Gasteiger partial charge in [-0.1, -0.05) is 0 Å². The van der Waals surface area contributed by atoms with Crippen molar-refractivity contribution in [3.63, 3.8) is 0 Å². The first-order chi connectivity index (χ1) is 8.11. The molecule has 0 aliphatic carbocycles. The molecule has 0 amide bonds. The molecule has 0 fully saturated rings. The third-order valence-corrected chi connectivity index (χ3v) is 2.37. The smallest absolute Gasteiger partial charge is 0.374 e. The minimum absolute atomic E-state index is 0.268. The summed E-state index contributed by atoms with van der Waals surface area (Å²) in [6, 6.07) is 2.05. The zero-order valence-corrected chi connectivity index (χ0v) is 10.3.